The highest BCUT2D eigenvalue weighted by Gasteiger charge is 2.21. The Hall–Kier alpha value is -4.38. The van der Waals surface area contributed by atoms with Crippen LogP contribution in [0.1, 0.15) is 11.1 Å². The van der Waals surface area contributed by atoms with Crippen molar-refractivity contribution in [1.82, 2.24) is 10.6 Å². The molecule has 0 spiro atoms. The quantitative estimate of drug-likeness (QED) is 0.337. The molecule has 170 valence electrons. The Morgan fingerprint density at radius 1 is 0.676 bits per heavy atom. The number of carbonyl (C=O) groups is 2. The molecule has 0 saturated heterocycles. The van der Waals surface area contributed by atoms with E-state index >= 15 is 0 Å². The fourth-order valence-electron chi connectivity index (χ4n) is 3.79. The van der Waals surface area contributed by atoms with Crippen LogP contribution in [0, 0.1) is 0 Å². The van der Waals surface area contributed by atoms with Crippen molar-refractivity contribution in [2.75, 3.05) is 5.32 Å². The molecular formula is C29H27N3O2. The van der Waals surface area contributed by atoms with Crippen LogP contribution in [0.4, 0.5) is 10.5 Å². The van der Waals surface area contributed by atoms with Gasteiger partial charge >= 0.3 is 6.03 Å². The summed E-state index contributed by atoms with van der Waals surface area (Å²) in [5.74, 6) is -0.241. The number of urea groups is 1. The summed E-state index contributed by atoms with van der Waals surface area (Å²) in [6.45, 7) is 0.358. The van der Waals surface area contributed by atoms with Crippen molar-refractivity contribution in [3.05, 3.63) is 126 Å². The Morgan fingerprint density at radius 3 is 1.97 bits per heavy atom. The number of amides is 3. The van der Waals surface area contributed by atoms with Gasteiger partial charge in [-0.15, -0.1) is 0 Å². The first-order chi connectivity index (χ1) is 16.7. The van der Waals surface area contributed by atoms with Gasteiger partial charge in [0.15, 0.2) is 0 Å². The van der Waals surface area contributed by atoms with E-state index in [1.54, 1.807) is 12.1 Å². The van der Waals surface area contributed by atoms with Crippen LogP contribution in [0.5, 0.6) is 0 Å². The summed E-state index contributed by atoms with van der Waals surface area (Å²) in [6, 6.07) is 35.7. The fourth-order valence-corrected chi connectivity index (χ4v) is 3.79. The molecule has 34 heavy (non-hydrogen) atoms. The van der Waals surface area contributed by atoms with Gasteiger partial charge in [0, 0.05) is 18.7 Å². The highest BCUT2D eigenvalue weighted by atomic mass is 16.2. The molecule has 4 rings (SSSR count). The minimum Gasteiger partial charge on any atom is -0.350 e. The van der Waals surface area contributed by atoms with Crippen LogP contribution in [0.2, 0.25) is 0 Å². The van der Waals surface area contributed by atoms with E-state index in [0.717, 1.165) is 22.3 Å². The lowest BCUT2D eigenvalue weighted by atomic mass is 9.99. The van der Waals surface area contributed by atoms with Crippen LogP contribution >= 0.6 is 0 Å². The van der Waals surface area contributed by atoms with Crippen molar-refractivity contribution in [2.45, 2.75) is 19.0 Å². The first-order valence-electron chi connectivity index (χ1n) is 11.3. The third-order valence-electron chi connectivity index (χ3n) is 5.49. The predicted molar refractivity (Wildman–Crippen MR) is 136 cm³/mol. The van der Waals surface area contributed by atoms with Gasteiger partial charge in [-0.25, -0.2) is 4.79 Å². The molecule has 1 unspecified atom stereocenters. The zero-order valence-corrected chi connectivity index (χ0v) is 18.8. The SMILES string of the molecule is O=C(Nc1ccccc1)NC(Cc1ccccc1)C(=O)NCc1ccccc1-c1ccccc1. The zero-order valence-electron chi connectivity index (χ0n) is 18.8. The Bertz CT molecular complexity index is 1210. The molecule has 0 heterocycles. The van der Waals surface area contributed by atoms with E-state index in [0.29, 0.717) is 18.7 Å². The van der Waals surface area contributed by atoms with Crippen LogP contribution in [0.25, 0.3) is 11.1 Å². The Morgan fingerprint density at radius 2 is 1.26 bits per heavy atom. The summed E-state index contributed by atoms with van der Waals surface area (Å²) in [4.78, 5) is 25.8. The molecule has 5 heteroatoms. The Balaban J connectivity index is 1.47. The molecule has 0 aliphatic carbocycles. The van der Waals surface area contributed by atoms with Gasteiger partial charge in [-0.2, -0.15) is 0 Å². The van der Waals surface area contributed by atoms with Gasteiger partial charge in [-0.1, -0.05) is 103 Å². The van der Waals surface area contributed by atoms with Crippen LogP contribution < -0.4 is 16.0 Å². The number of hydrogen-bond acceptors (Lipinski definition) is 2. The molecule has 0 aliphatic rings. The third-order valence-corrected chi connectivity index (χ3v) is 5.49. The second-order valence-corrected chi connectivity index (χ2v) is 7.95. The molecule has 0 radical (unpaired) electrons. The van der Waals surface area contributed by atoms with Gasteiger partial charge in [0.25, 0.3) is 0 Å². The molecule has 3 N–H and O–H groups in total. The van der Waals surface area contributed by atoms with Crippen LogP contribution in [-0.2, 0) is 17.8 Å². The normalized spacial score (nSPS) is 11.3. The van der Waals surface area contributed by atoms with E-state index in [2.05, 4.69) is 16.0 Å². The lowest BCUT2D eigenvalue weighted by molar-refractivity contribution is -0.123. The summed E-state index contributed by atoms with van der Waals surface area (Å²) in [5, 5.41) is 8.64. The summed E-state index contributed by atoms with van der Waals surface area (Å²) in [6.07, 6.45) is 0.384. The molecular weight excluding hydrogens is 422 g/mol. The highest BCUT2D eigenvalue weighted by molar-refractivity contribution is 5.93. The van der Waals surface area contributed by atoms with E-state index < -0.39 is 12.1 Å². The molecule has 5 nitrogen and oxygen atoms in total. The first-order valence-corrected chi connectivity index (χ1v) is 11.3. The van der Waals surface area contributed by atoms with E-state index in [4.69, 9.17) is 0 Å². The number of hydrogen-bond donors (Lipinski definition) is 3. The molecule has 4 aromatic carbocycles. The average molecular weight is 450 g/mol. The van der Waals surface area contributed by atoms with Crippen molar-refractivity contribution in [3.63, 3.8) is 0 Å². The second-order valence-electron chi connectivity index (χ2n) is 7.95. The maximum absolute atomic E-state index is 13.2. The Labute approximate surface area is 199 Å². The molecule has 1 atom stereocenters. The summed E-state index contributed by atoms with van der Waals surface area (Å²) in [5.41, 5.74) is 4.79. The molecule has 0 fully saturated rings. The number of para-hydroxylation sites is 1. The van der Waals surface area contributed by atoms with Crippen molar-refractivity contribution >= 4 is 17.6 Å². The first kappa shape index (κ1) is 22.8. The molecule has 4 aromatic rings. The standard InChI is InChI=1S/C29H27N3O2/c33-28(30-21-24-16-10-11-19-26(24)23-14-6-2-7-15-23)27(20-22-12-4-1-5-13-22)32-29(34)31-25-17-8-3-9-18-25/h1-19,27H,20-21H2,(H,30,33)(H2,31,32,34). The summed E-state index contributed by atoms with van der Waals surface area (Å²) >= 11 is 0. The van der Waals surface area contributed by atoms with Gasteiger partial charge in [0.1, 0.15) is 6.04 Å². The lowest BCUT2D eigenvalue weighted by Gasteiger charge is -2.20. The molecule has 0 saturated carbocycles. The van der Waals surface area contributed by atoms with E-state index in [1.807, 2.05) is 103 Å². The third kappa shape index (κ3) is 6.33. The summed E-state index contributed by atoms with van der Waals surface area (Å²) < 4.78 is 0. The van der Waals surface area contributed by atoms with Crippen LogP contribution in [-0.4, -0.2) is 18.0 Å². The van der Waals surface area contributed by atoms with Crippen molar-refractivity contribution in [3.8, 4) is 11.1 Å². The Kier molecular flexibility index (Phi) is 7.70. The lowest BCUT2D eigenvalue weighted by Crippen LogP contribution is -2.49. The van der Waals surface area contributed by atoms with Crippen molar-refractivity contribution in [1.29, 1.82) is 0 Å². The average Bonchev–Trinajstić information content (AvgIpc) is 2.89. The van der Waals surface area contributed by atoms with Gasteiger partial charge in [-0.05, 0) is 34.4 Å². The number of rotatable bonds is 8. The predicted octanol–water partition coefficient (Wildman–Crippen LogP) is 5.40. The minimum atomic E-state index is -0.727. The van der Waals surface area contributed by atoms with Gasteiger partial charge < -0.3 is 16.0 Å². The van der Waals surface area contributed by atoms with Crippen molar-refractivity contribution < 1.29 is 9.59 Å². The van der Waals surface area contributed by atoms with E-state index in [9.17, 15) is 9.59 Å². The maximum atomic E-state index is 13.2. The van der Waals surface area contributed by atoms with Gasteiger partial charge in [-0.3, -0.25) is 4.79 Å². The second kappa shape index (κ2) is 11.5. The van der Waals surface area contributed by atoms with E-state index in [-0.39, 0.29) is 5.91 Å². The largest absolute Gasteiger partial charge is 0.350 e. The van der Waals surface area contributed by atoms with Crippen LogP contribution in [0.3, 0.4) is 0 Å². The van der Waals surface area contributed by atoms with Gasteiger partial charge in [0.05, 0.1) is 0 Å². The zero-order chi connectivity index (χ0) is 23.6. The van der Waals surface area contributed by atoms with E-state index in [1.165, 1.54) is 0 Å². The number of anilines is 1. The van der Waals surface area contributed by atoms with Gasteiger partial charge in [0.2, 0.25) is 5.91 Å². The molecule has 3 amide bonds. The maximum Gasteiger partial charge on any atom is 0.319 e. The number of carbonyl (C=O) groups excluding carboxylic acids is 2. The highest BCUT2D eigenvalue weighted by Crippen LogP contribution is 2.23. The topological polar surface area (TPSA) is 70.2 Å². The number of nitrogens with one attached hydrogen (secondary N) is 3. The molecule has 0 bridgehead atoms. The molecule has 0 aliphatic heterocycles. The minimum absolute atomic E-state index is 0.241. The number of benzene rings is 4. The smallest absolute Gasteiger partial charge is 0.319 e. The molecule has 0 aromatic heterocycles. The fraction of sp³-hybridized carbons (Fsp3) is 0.103. The van der Waals surface area contributed by atoms with Crippen molar-refractivity contribution in [2.24, 2.45) is 0 Å². The monoisotopic (exact) mass is 449 g/mol. The van der Waals surface area contributed by atoms with Crippen LogP contribution in [0.15, 0.2) is 115 Å². The summed E-state index contributed by atoms with van der Waals surface area (Å²) in [7, 11) is 0.